The molecule has 2 aromatic carbocycles. The number of likely N-dealkylation sites (tertiary alicyclic amines) is 1. The van der Waals surface area contributed by atoms with Crippen LogP contribution in [0.5, 0.6) is 11.5 Å². The molecule has 2 aliphatic heterocycles. The van der Waals surface area contributed by atoms with Crippen molar-refractivity contribution in [2.45, 2.75) is 39.2 Å². The van der Waals surface area contributed by atoms with Crippen LogP contribution in [0.2, 0.25) is 0 Å². The summed E-state index contributed by atoms with van der Waals surface area (Å²) in [5.74, 6) is -0.0481. The van der Waals surface area contributed by atoms with E-state index in [1.54, 1.807) is 30.2 Å². The van der Waals surface area contributed by atoms with Crippen LogP contribution >= 0.6 is 0 Å². The fourth-order valence-electron chi connectivity index (χ4n) is 5.00. The first kappa shape index (κ1) is 27.7. The molecule has 0 aliphatic carbocycles. The van der Waals surface area contributed by atoms with E-state index in [1.165, 1.54) is 0 Å². The summed E-state index contributed by atoms with van der Waals surface area (Å²) in [5, 5.41) is 11.4. The third kappa shape index (κ3) is 6.19. The topological polar surface area (TPSA) is 88.5 Å². The fraction of sp³-hybridized carbons (Fsp3) is 0.467. The smallest absolute Gasteiger partial charge is 0.295 e. The van der Waals surface area contributed by atoms with Gasteiger partial charge in [0.15, 0.2) is 0 Å². The van der Waals surface area contributed by atoms with Gasteiger partial charge in [-0.25, -0.2) is 0 Å². The highest BCUT2D eigenvalue weighted by Gasteiger charge is 2.46. The van der Waals surface area contributed by atoms with Crippen molar-refractivity contribution < 1.29 is 28.9 Å². The fourth-order valence-corrected chi connectivity index (χ4v) is 5.00. The lowest BCUT2D eigenvalue weighted by molar-refractivity contribution is -0.140. The lowest BCUT2D eigenvalue weighted by Crippen LogP contribution is -2.38. The van der Waals surface area contributed by atoms with Crippen molar-refractivity contribution in [1.82, 2.24) is 9.80 Å². The van der Waals surface area contributed by atoms with Crippen LogP contribution in [0.3, 0.4) is 0 Å². The number of ketones is 1. The minimum absolute atomic E-state index is 0.106. The number of Topliss-reactive ketones (excluding diaryl/α,β-unsaturated/α-hetero) is 1. The third-order valence-electron chi connectivity index (χ3n) is 7.17. The van der Waals surface area contributed by atoms with Crippen molar-refractivity contribution in [3.05, 3.63) is 64.7 Å². The molecule has 2 saturated heterocycles. The van der Waals surface area contributed by atoms with Gasteiger partial charge in [0, 0.05) is 31.7 Å². The summed E-state index contributed by atoms with van der Waals surface area (Å²) < 4.78 is 16.5. The van der Waals surface area contributed by atoms with Crippen LogP contribution in [0.15, 0.2) is 48.0 Å². The van der Waals surface area contributed by atoms with Crippen LogP contribution in [0, 0.1) is 6.92 Å². The van der Waals surface area contributed by atoms with E-state index < -0.39 is 17.7 Å². The second-order valence-corrected chi connectivity index (χ2v) is 9.75. The molecule has 1 atom stereocenters. The van der Waals surface area contributed by atoms with Crippen molar-refractivity contribution in [3.63, 3.8) is 0 Å². The van der Waals surface area contributed by atoms with Gasteiger partial charge in [0.1, 0.15) is 17.3 Å². The van der Waals surface area contributed by atoms with Crippen LogP contribution < -0.4 is 9.47 Å². The zero-order valence-corrected chi connectivity index (χ0v) is 22.6. The average molecular weight is 523 g/mol. The van der Waals surface area contributed by atoms with Gasteiger partial charge >= 0.3 is 0 Å². The number of amides is 1. The molecule has 1 amide bonds. The Balaban J connectivity index is 1.66. The minimum Gasteiger partial charge on any atom is -0.507 e. The molecule has 8 nitrogen and oxygen atoms in total. The molecule has 0 spiro atoms. The van der Waals surface area contributed by atoms with E-state index in [-0.39, 0.29) is 11.3 Å². The van der Waals surface area contributed by atoms with Gasteiger partial charge in [-0.2, -0.15) is 0 Å². The predicted molar refractivity (Wildman–Crippen MR) is 145 cm³/mol. The van der Waals surface area contributed by atoms with Crippen molar-refractivity contribution in [1.29, 1.82) is 0 Å². The first-order chi connectivity index (χ1) is 18.4. The lowest BCUT2D eigenvalue weighted by atomic mass is 9.93. The van der Waals surface area contributed by atoms with Crippen molar-refractivity contribution in [3.8, 4) is 11.5 Å². The van der Waals surface area contributed by atoms with Gasteiger partial charge in [0.2, 0.25) is 0 Å². The first-order valence-electron chi connectivity index (χ1n) is 13.4. The number of benzene rings is 2. The number of rotatable bonds is 11. The highest BCUT2D eigenvalue weighted by molar-refractivity contribution is 6.46. The van der Waals surface area contributed by atoms with Gasteiger partial charge in [-0.05, 0) is 61.2 Å². The molecule has 1 N–H and O–H groups in total. The minimum atomic E-state index is -0.689. The molecule has 38 heavy (non-hydrogen) atoms. The molecule has 0 bridgehead atoms. The highest BCUT2D eigenvalue weighted by Crippen LogP contribution is 2.40. The number of carbonyl (C=O) groups is 2. The number of nitrogens with zero attached hydrogens (tertiary/aromatic N) is 2. The first-order valence-corrected chi connectivity index (χ1v) is 13.4. The summed E-state index contributed by atoms with van der Waals surface area (Å²) in [5.41, 5.74) is 2.11. The Kier molecular flexibility index (Phi) is 9.42. The number of hydrogen-bond donors (Lipinski definition) is 1. The van der Waals surface area contributed by atoms with E-state index in [4.69, 9.17) is 14.2 Å². The number of unbranched alkanes of at least 4 members (excludes halogenated alkanes) is 1. The average Bonchev–Trinajstić information content (AvgIpc) is 3.19. The number of morpholine rings is 1. The zero-order chi connectivity index (χ0) is 27.1. The van der Waals surface area contributed by atoms with E-state index in [0.29, 0.717) is 44.1 Å². The third-order valence-corrected chi connectivity index (χ3v) is 7.17. The number of aryl methyl sites for hydroxylation is 1. The maximum Gasteiger partial charge on any atom is 0.295 e. The molecule has 2 fully saturated rings. The molecule has 2 aromatic rings. The Labute approximate surface area is 224 Å². The Morgan fingerprint density at radius 2 is 1.74 bits per heavy atom. The van der Waals surface area contributed by atoms with E-state index >= 15 is 0 Å². The molecule has 0 saturated carbocycles. The molecule has 1 unspecified atom stereocenters. The monoisotopic (exact) mass is 522 g/mol. The number of carbonyl (C=O) groups excluding carboxylic acids is 2. The number of methoxy groups -OCH3 is 1. The summed E-state index contributed by atoms with van der Waals surface area (Å²) in [6, 6.07) is 12.0. The maximum absolute atomic E-state index is 13.4. The summed E-state index contributed by atoms with van der Waals surface area (Å²) in [7, 11) is 1.58. The van der Waals surface area contributed by atoms with Crippen molar-refractivity contribution >= 4 is 17.4 Å². The van der Waals surface area contributed by atoms with Crippen LogP contribution in [0.25, 0.3) is 5.76 Å². The highest BCUT2D eigenvalue weighted by atomic mass is 16.5. The standard InChI is InChI=1S/C30H38N2O6/c1-4-5-17-38-23-9-7-22(8-10-23)27-26(28(33)25-12-11-24(36-3)20-21(25)2)29(34)30(35)32(27)14-6-13-31-15-18-37-19-16-31/h7-12,20,27,33H,4-6,13-19H2,1-3H3. The number of hydrogen-bond acceptors (Lipinski definition) is 7. The van der Waals surface area contributed by atoms with E-state index in [2.05, 4.69) is 11.8 Å². The SMILES string of the molecule is CCCCOc1ccc(C2C(=C(O)c3ccc(OC)cc3C)C(=O)C(=O)N2CCCN2CCOCC2)cc1. The number of aliphatic hydroxyl groups is 1. The molecule has 4 rings (SSSR count). The Hall–Kier alpha value is -3.36. The van der Waals surface area contributed by atoms with Crippen LogP contribution in [-0.2, 0) is 14.3 Å². The van der Waals surface area contributed by atoms with Gasteiger partial charge in [0.25, 0.3) is 11.7 Å². The molecule has 2 heterocycles. The van der Waals surface area contributed by atoms with Gasteiger partial charge in [0.05, 0.1) is 38.5 Å². The molecular formula is C30H38N2O6. The second kappa shape index (κ2) is 12.9. The zero-order valence-electron chi connectivity index (χ0n) is 22.6. The number of ether oxygens (including phenoxy) is 3. The van der Waals surface area contributed by atoms with Gasteiger partial charge in [-0.1, -0.05) is 25.5 Å². The van der Waals surface area contributed by atoms with Crippen molar-refractivity contribution in [2.75, 3.05) is 53.1 Å². The van der Waals surface area contributed by atoms with Crippen LogP contribution in [-0.4, -0.2) is 79.7 Å². The molecule has 2 aliphatic rings. The van der Waals surface area contributed by atoms with Gasteiger partial charge < -0.3 is 24.2 Å². The summed E-state index contributed by atoms with van der Waals surface area (Å²) >= 11 is 0. The van der Waals surface area contributed by atoms with Crippen molar-refractivity contribution in [2.24, 2.45) is 0 Å². The predicted octanol–water partition coefficient (Wildman–Crippen LogP) is 4.33. The van der Waals surface area contributed by atoms with E-state index in [9.17, 15) is 14.7 Å². The normalized spacial score (nSPS) is 19.7. The Bertz CT molecular complexity index is 1150. The maximum atomic E-state index is 13.4. The van der Waals surface area contributed by atoms with Crippen LogP contribution in [0.1, 0.15) is 48.9 Å². The van der Waals surface area contributed by atoms with Crippen LogP contribution in [0.4, 0.5) is 0 Å². The second-order valence-electron chi connectivity index (χ2n) is 9.75. The quantitative estimate of drug-likeness (QED) is 0.203. The summed E-state index contributed by atoms with van der Waals surface area (Å²) in [6.07, 6.45) is 2.72. The molecular weight excluding hydrogens is 484 g/mol. The molecule has 204 valence electrons. The van der Waals surface area contributed by atoms with E-state index in [0.717, 1.165) is 49.4 Å². The number of aliphatic hydroxyl groups excluding tert-OH is 1. The molecule has 8 heteroatoms. The van der Waals surface area contributed by atoms with E-state index in [1.807, 2.05) is 31.2 Å². The Morgan fingerprint density at radius 3 is 2.39 bits per heavy atom. The summed E-state index contributed by atoms with van der Waals surface area (Å²) in [4.78, 5) is 30.6. The lowest BCUT2D eigenvalue weighted by Gasteiger charge is -2.29. The Morgan fingerprint density at radius 1 is 1.03 bits per heavy atom. The summed E-state index contributed by atoms with van der Waals surface area (Å²) in [6.45, 7) is 8.92. The largest absolute Gasteiger partial charge is 0.507 e. The van der Waals surface area contributed by atoms with Gasteiger partial charge in [-0.3, -0.25) is 14.5 Å². The molecule has 0 radical (unpaired) electrons. The molecule has 0 aromatic heterocycles. The van der Waals surface area contributed by atoms with Gasteiger partial charge in [-0.15, -0.1) is 0 Å².